The molecule has 6 rings (SSSR count). The first-order valence-corrected chi connectivity index (χ1v) is 11.8. The third-order valence-electron chi connectivity index (χ3n) is 7.09. The van der Waals surface area contributed by atoms with Gasteiger partial charge in [-0.1, -0.05) is 0 Å². The van der Waals surface area contributed by atoms with E-state index >= 15 is 0 Å². The predicted molar refractivity (Wildman–Crippen MR) is 128 cm³/mol. The van der Waals surface area contributed by atoms with Crippen molar-refractivity contribution in [1.29, 1.82) is 0 Å². The summed E-state index contributed by atoms with van der Waals surface area (Å²) in [6, 6.07) is 8.13. The van der Waals surface area contributed by atoms with Crippen LogP contribution >= 0.6 is 11.9 Å². The van der Waals surface area contributed by atoms with Gasteiger partial charge >= 0.3 is 0 Å². The van der Waals surface area contributed by atoms with E-state index in [9.17, 15) is 0 Å². The Hall–Kier alpha value is -3.04. The zero-order valence-electron chi connectivity index (χ0n) is 18.9. The summed E-state index contributed by atoms with van der Waals surface area (Å²) in [5, 5.41) is 9.97. The summed E-state index contributed by atoms with van der Waals surface area (Å²) in [5.74, 6) is 1.55. The van der Waals surface area contributed by atoms with Crippen LogP contribution in [0.3, 0.4) is 0 Å². The molecule has 0 amide bonds. The number of nitrogens with zero attached hydrogens (tertiary/aromatic N) is 5. The molecular weight excluding hydrogens is 436 g/mol. The zero-order valence-corrected chi connectivity index (χ0v) is 19.7. The molecule has 2 saturated carbocycles. The van der Waals surface area contributed by atoms with Crippen LogP contribution in [0.4, 0.5) is 5.69 Å². The quantitative estimate of drug-likeness (QED) is 0.399. The minimum absolute atomic E-state index is 0.182. The van der Waals surface area contributed by atoms with Gasteiger partial charge in [0.05, 0.1) is 35.5 Å². The van der Waals surface area contributed by atoms with E-state index < -0.39 is 0 Å². The number of rotatable bonds is 7. The first-order valence-electron chi connectivity index (χ1n) is 11.0. The predicted octanol–water partition coefficient (Wildman–Crippen LogP) is 4.70. The molecule has 0 unspecified atom stereocenters. The van der Waals surface area contributed by atoms with Gasteiger partial charge in [0.15, 0.2) is 5.82 Å². The van der Waals surface area contributed by atoms with Gasteiger partial charge in [0.25, 0.3) is 0 Å². The highest BCUT2D eigenvalue weighted by atomic mass is 32.2. The van der Waals surface area contributed by atoms with Gasteiger partial charge in [-0.15, -0.1) is 0 Å². The molecular formula is C24H26N6O2S. The van der Waals surface area contributed by atoms with Crippen molar-refractivity contribution in [3.8, 4) is 11.6 Å². The third-order valence-corrected chi connectivity index (χ3v) is 7.84. The Morgan fingerprint density at radius 3 is 2.70 bits per heavy atom. The van der Waals surface area contributed by atoms with Crippen molar-refractivity contribution in [2.75, 3.05) is 18.9 Å². The van der Waals surface area contributed by atoms with E-state index in [2.05, 4.69) is 32.0 Å². The highest BCUT2D eigenvalue weighted by molar-refractivity contribution is 8.00. The molecule has 3 aromatic heterocycles. The van der Waals surface area contributed by atoms with Crippen LogP contribution in [0.5, 0.6) is 5.75 Å². The first kappa shape index (κ1) is 20.6. The fourth-order valence-corrected chi connectivity index (χ4v) is 5.76. The molecule has 170 valence electrons. The molecule has 0 atom stereocenters. The van der Waals surface area contributed by atoms with Crippen molar-refractivity contribution >= 4 is 28.5 Å². The normalized spacial score (nSPS) is 17.8. The first-order chi connectivity index (χ1) is 16.0. The van der Waals surface area contributed by atoms with Crippen LogP contribution in [-0.2, 0) is 17.4 Å². The van der Waals surface area contributed by atoms with Crippen LogP contribution in [0.2, 0.25) is 0 Å². The Labute approximate surface area is 196 Å². The van der Waals surface area contributed by atoms with Gasteiger partial charge in [-0.05, 0) is 72.9 Å². The molecule has 1 spiro atoms. The number of pyridine rings is 1. The van der Waals surface area contributed by atoms with Crippen molar-refractivity contribution in [2.24, 2.45) is 12.5 Å². The molecule has 1 aromatic carbocycles. The topological polar surface area (TPSA) is 79.0 Å². The number of methoxy groups -OCH3 is 2. The molecule has 0 bridgehead atoms. The third kappa shape index (κ3) is 3.38. The lowest BCUT2D eigenvalue weighted by atomic mass is 9.65. The second-order valence-corrected chi connectivity index (χ2v) is 10.0. The van der Waals surface area contributed by atoms with Gasteiger partial charge in [-0.25, -0.2) is 9.67 Å². The summed E-state index contributed by atoms with van der Waals surface area (Å²) in [7, 11) is 5.42. The summed E-state index contributed by atoms with van der Waals surface area (Å²) < 4.78 is 18.6. The molecule has 0 radical (unpaired) electrons. The lowest BCUT2D eigenvalue weighted by molar-refractivity contribution is -0.122. The van der Waals surface area contributed by atoms with Gasteiger partial charge in [0.1, 0.15) is 11.4 Å². The number of nitrogens with one attached hydrogen (secondary N) is 1. The maximum absolute atomic E-state index is 5.99. The van der Waals surface area contributed by atoms with Crippen LogP contribution in [0.25, 0.3) is 16.7 Å². The molecule has 3 heterocycles. The Bertz CT molecular complexity index is 1330. The van der Waals surface area contributed by atoms with E-state index in [0.717, 1.165) is 45.9 Å². The lowest BCUT2D eigenvalue weighted by Crippen LogP contribution is -2.44. The van der Waals surface area contributed by atoms with Crippen LogP contribution in [0.15, 0.2) is 53.9 Å². The minimum atomic E-state index is -0.182. The van der Waals surface area contributed by atoms with E-state index in [1.54, 1.807) is 7.11 Å². The van der Waals surface area contributed by atoms with Crippen molar-refractivity contribution in [1.82, 2.24) is 24.5 Å². The molecule has 4 aromatic rings. The van der Waals surface area contributed by atoms with Crippen molar-refractivity contribution < 1.29 is 9.47 Å². The van der Waals surface area contributed by atoms with Gasteiger partial charge in [-0.2, -0.15) is 10.2 Å². The maximum Gasteiger partial charge on any atom is 0.153 e. The Morgan fingerprint density at radius 2 is 1.94 bits per heavy atom. The van der Waals surface area contributed by atoms with E-state index in [0.29, 0.717) is 5.41 Å². The van der Waals surface area contributed by atoms with Gasteiger partial charge in [-0.3, -0.25) is 4.68 Å². The minimum Gasteiger partial charge on any atom is -0.494 e. The highest BCUT2D eigenvalue weighted by Crippen LogP contribution is 2.69. The van der Waals surface area contributed by atoms with E-state index in [4.69, 9.17) is 9.47 Å². The summed E-state index contributed by atoms with van der Waals surface area (Å²) in [6.07, 6.45) is 12.4. The maximum atomic E-state index is 5.99. The van der Waals surface area contributed by atoms with Crippen molar-refractivity contribution in [3.63, 3.8) is 0 Å². The largest absolute Gasteiger partial charge is 0.494 e. The molecule has 2 fully saturated rings. The van der Waals surface area contributed by atoms with Gasteiger partial charge < -0.3 is 14.2 Å². The van der Waals surface area contributed by atoms with Crippen LogP contribution < -0.4 is 9.46 Å². The Balaban J connectivity index is 1.23. The number of benzene rings is 1. The molecule has 9 heteroatoms. The number of hydrogen-bond acceptors (Lipinski definition) is 7. The van der Waals surface area contributed by atoms with Gasteiger partial charge in [0, 0.05) is 31.9 Å². The number of aromatic nitrogens is 5. The second-order valence-electron chi connectivity index (χ2n) is 9.13. The molecule has 1 N–H and O–H groups in total. The molecule has 33 heavy (non-hydrogen) atoms. The summed E-state index contributed by atoms with van der Waals surface area (Å²) in [6.45, 7) is 0. The number of fused-ring (bicyclic) bond motifs is 1. The smallest absolute Gasteiger partial charge is 0.153 e. The summed E-state index contributed by atoms with van der Waals surface area (Å²) in [4.78, 5) is 5.52. The summed E-state index contributed by atoms with van der Waals surface area (Å²) in [5.41, 5.74) is 3.41. The number of ether oxygens (including phenoxy) is 2. The van der Waals surface area contributed by atoms with Gasteiger partial charge in [0.2, 0.25) is 0 Å². The van der Waals surface area contributed by atoms with E-state index in [1.807, 2.05) is 60.4 Å². The molecule has 2 aliphatic rings. The monoisotopic (exact) mass is 462 g/mol. The summed E-state index contributed by atoms with van der Waals surface area (Å²) >= 11 is 1.48. The molecule has 2 aliphatic carbocycles. The fraction of sp³-hybridized carbons (Fsp3) is 0.375. The average molecular weight is 463 g/mol. The number of aryl methyl sites for hydroxylation is 1. The van der Waals surface area contributed by atoms with E-state index in [1.165, 1.54) is 30.4 Å². The number of anilines is 1. The SMILES string of the molecule is COc1ccc2cnn(C)c2c1NSc1cnn(-c2cc(C3(OC)CC4(CC4)C3)ccn2)c1. The fourth-order valence-electron chi connectivity index (χ4n) is 5.09. The standard InChI is InChI=1S/C24H26N6O2S/c1-29-22-16(11-26-29)4-5-19(31-2)21(22)28-33-18-12-27-30(13-18)20-10-17(6-9-25-20)24(32-3)14-23(15-24)7-8-23/h4-6,9-13,28H,7-8,14-15H2,1-3H3. The molecule has 0 saturated heterocycles. The second kappa shape index (κ2) is 7.50. The van der Waals surface area contributed by atoms with Crippen LogP contribution in [-0.4, -0.2) is 38.8 Å². The Morgan fingerprint density at radius 1 is 1.09 bits per heavy atom. The molecule has 8 nitrogen and oxygen atoms in total. The van der Waals surface area contributed by atoms with Crippen molar-refractivity contribution in [2.45, 2.75) is 36.2 Å². The van der Waals surface area contributed by atoms with Crippen molar-refractivity contribution in [3.05, 3.63) is 54.6 Å². The Kier molecular flexibility index (Phi) is 4.67. The highest BCUT2D eigenvalue weighted by Gasteiger charge is 2.62. The van der Waals surface area contributed by atoms with Crippen LogP contribution in [0, 0.1) is 5.41 Å². The van der Waals surface area contributed by atoms with Crippen LogP contribution in [0.1, 0.15) is 31.2 Å². The van der Waals surface area contributed by atoms with E-state index in [-0.39, 0.29) is 5.60 Å². The lowest BCUT2D eigenvalue weighted by Gasteiger charge is -2.48. The average Bonchev–Trinajstić information content (AvgIpc) is 3.30. The molecule has 0 aliphatic heterocycles. The number of hydrogen-bond donors (Lipinski definition) is 1. The zero-order chi connectivity index (χ0) is 22.6.